The van der Waals surface area contributed by atoms with Crippen LogP contribution in [0.25, 0.3) is 0 Å². The third-order valence-electron chi connectivity index (χ3n) is 2.82. The molecule has 1 aromatic carbocycles. The second-order valence-electron chi connectivity index (χ2n) is 5.79. The highest BCUT2D eigenvalue weighted by atomic mass is 16.7. The lowest BCUT2D eigenvalue weighted by atomic mass is 10.1. The van der Waals surface area contributed by atoms with Crippen molar-refractivity contribution in [1.82, 2.24) is 5.32 Å². The molecule has 0 fully saturated rings. The van der Waals surface area contributed by atoms with Gasteiger partial charge >= 0.3 is 6.09 Å². The number of hydrogen-bond donors (Lipinski definition) is 2. The number of alkyl carbamates (subject to hydrolysis) is 1. The van der Waals surface area contributed by atoms with Gasteiger partial charge in [-0.1, -0.05) is 18.2 Å². The van der Waals surface area contributed by atoms with Crippen molar-refractivity contribution < 1.29 is 19.0 Å². The number of anilines is 1. The number of carbonyl (C=O) groups excluding carboxylic acids is 1. The van der Waals surface area contributed by atoms with Gasteiger partial charge in [-0.15, -0.1) is 0 Å². The van der Waals surface area contributed by atoms with Gasteiger partial charge in [0.25, 0.3) is 0 Å². The lowest BCUT2D eigenvalue weighted by Crippen LogP contribution is -2.32. The summed E-state index contributed by atoms with van der Waals surface area (Å²) in [5.74, 6) is 0. The number of amides is 1. The minimum atomic E-state index is -0.508. The molecule has 0 saturated carbocycles. The molecular formula is C16H26N2O4. The molecule has 0 radical (unpaired) electrons. The quantitative estimate of drug-likeness (QED) is 0.758. The minimum absolute atomic E-state index is 0.327. The largest absolute Gasteiger partial charge is 0.444 e. The molecule has 22 heavy (non-hydrogen) atoms. The predicted octanol–water partition coefficient (Wildman–Crippen LogP) is 2.74. The molecule has 0 aromatic heterocycles. The molecule has 0 spiro atoms. The first-order valence-electron chi connectivity index (χ1n) is 7.20. The molecule has 1 amide bonds. The molecule has 124 valence electrons. The van der Waals surface area contributed by atoms with Crippen molar-refractivity contribution in [3.8, 4) is 0 Å². The Balaban J connectivity index is 2.58. The van der Waals surface area contributed by atoms with E-state index in [0.717, 1.165) is 11.3 Å². The zero-order valence-corrected chi connectivity index (χ0v) is 13.9. The number of ether oxygens (including phenoxy) is 3. The highest BCUT2D eigenvalue weighted by Gasteiger charge is 2.16. The molecule has 1 aromatic rings. The van der Waals surface area contributed by atoms with Gasteiger partial charge in [-0.3, -0.25) is 0 Å². The van der Waals surface area contributed by atoms with E-state index in [0.29, 0.717) is 13.1 Å². The first-order valence-corrected chi connectivity index (χ1v) is 7.20. The summed E-state index contributed by atoms with van der Waals surface area (Å²) in [5, 5.41) is 5.99. The standard InChI is InChI=1S/C16H26N2O4/c1-16(2,3)22-15(19)18-10-12-8-6-7-9-13(12)17-11-14(20-4)21-5/h6-9,14,17H,10-11H2,1-5H3,(H,18,19). The number of methoxy groups -OCH3 is 2. The Kier molecular flexibility index (Phi) is 7.14. The molecular weight excluding hydrogens is 284 g/mol. The van der Waals surface area contributed by atoms with Crippen LogP contribution in [0.1, 0.15) is 26.3 Å². The van der Waals surface area contributed by atoms with Crippen LogP contribution in [-0.2, 0) is 20.8 Å². The summed E-state index contributed by atoms with van der Waals surface area (Å²) in [6.07, 6.45) is -0.763. The van der Waals surface area contributed by atoms with Gasteiger partial charge in [0.05, 0.1) is 6.54 Å². The van der Waals surface area contributed by atoms with Gasteiger partial charge in [0.2, 0.25) is 0 Å². The fourth-order valence-electron chi connectivity index (χ4n) is 1.78. The Bertz CT molecular complexity index is 467. The number of hydrogen-bond acceptors (Lipinski definition) is 5. The van der Waals surface area contributed by atoms with Crippen molar-refractivity contribution in [2.75, 3.05) is 26.1 Å². The summed E-state index contributed by atoms with van der Waals surface area (Å²) in [5.41, 5.74) is 1.36. The van der Waals surface area contributed by atoms with E-state index < -0.39 is 11.7 Å². The fraction of sp³-hybridized carbons (Fsp3) is 0.562. The molecule has 0 saturated heterocycles. The molecule has 0 aliphatic heterocycles. The van der Waals surface area contributed by atoms with E-state index in [2.05, 4.69) is 10.6 Å². The Morgan fingerprint density at radius 3 is 2.41 bits per heavy atom. The Hall–Kier alpha value is -1.79. The summed E-state index contributed by atoms with van der Waals surface area (Å²) in [6.45, 7) is 6.38. The van der Waals surface area contributed by atoms with E-state index in [1.165, 1.54) is 0 Å². The maximum atomic E-state index is 11.7. The van der Waals surface area contributed by atoms with E-state index >= 15 is 0 Å². The van der Waals surface area contributed by atoms with Crippen LogP contribution in [0.15, 0.2) is 24.3 Å². The molecule has 0 aliphatic rings. The van der Waals surface area contributed by atoms with Gasteiger partial charge in [0.15, 0.2) is 6.29 Å². The van der Waals surface area contributed by atoms with Gasteiger partial charge < -0.3 is 24.8 Å². The molecule has 6 nitrogen and oxygen atoms in total. The first kappa shape index (κ1) is 18.3. The molecule has 0 aliphatic carbocycles. The summed E-state index contributed by atoms with van der Waals surface area (Å²) in [4.78, 5) is 11.7. The Morgan fingerprint density at radius 2 is 1.82 bits per heavy atom. The van der Waals surface area contributed by atoms with Crippen LogP contribution in [0, 0.1) is 0 Å². The summed E-state index contributed by atoms with van der Waals surface area (Å²) >= 11 is 0. The molecule has 0 atom stereocenters. The van der Waals surface area contributed by atoms with Crippen LogP contribution in [0.2, 0.25) is 0 Å². The molecule has 1 rings (SSSR count). The third kappa shape index (κ3) is 6.78. The number of nitrogens with one attached hydrogen (secondary N) is 2. The average molecular weight is 310 g/mol. The highest BCUT2D eigenvalue weighted by molar-refractivity contribution is 5.68. The number of para-hydroxylation sites is 1. The smallest absolute Gasteiger partial charge is 0.407 e. The highest BCUT2D eigenvalue weighted by Crippen LogP contribution is 2.15. The molecule has 0 bridgehead atoms. The van der Waals surface area contributed by atoms with Crippen molar-refractivity contribution >= 4 is 11.8 Å². The van der Waals surface area contributed by atoms with Crippen molar-refractivity contribution in [2.45, 2.75) is 39.2 Å². The number of rotatable bonds is 7. The molecule has 0 unspecified atom stereocenters. The summed E-state index contributed by atoms with van der Waals surface area (Å²) in [7, 11) is 3.18. The van der Waals surface area contributed by atoms with E-state index in [-0.39, 0.29) is 6.29 Å². The molecule has 6 heteroatoms. The second-order valence-corrected chi connectivity index (χ2v) is 5.79. The van der Waals surface area contributed by atoms with Crippen LogP contribution in [0.5, 0.6) is 0 Å². The first-order chi connectivity index (χ1) is 10.4. The van der Waals surface area contributed by atoms with E-state index in [1.54, 1.807) is 14.2 Å². The maximum Gasteiger partial charge on any atom is 0.407 e. The van der Waals surface area contributed by atoms with Crippen molar-refractivity contribution in [1.29, 1.82) is 0 Å². The van der Waals surface area contributed by atoms with Crippen molar-refractivity contribution in [3.63, 3.8) is 0 Å². The third-order valence-corrected chi connectivity index (χ3v) is 2.82. The van der Waals surface area contributed by atoms with E-state index in [9.17, 15) is 4.79 Å². The monoisotopic (exact) mass is 310 g/mol. The van der Waals surface area contributed by atoms with E-state index in [1.807, 2.05) is 45.0 Å². The Morgan fingerprint density at radius 1 is 1.18 bits per heavy atom. The SMILES string of the molecule is COC(CNc1ccccc1CNC(=O)OC(C)(C)C)OC. The summed E-state index contributed by atoms with van der Waals surface area (Å²) < 4.78 is 15.5. The van der Waals surface area contributed by atoms with Crippen molar-refractivity contribution in [3.05, 3.63) is 29.8 Å². The maximum absolute atomic E-state index is 11.7. The molecule has 0 heterocycles. The predicted molar refractivity (Wildman–Crippen MR) is 85.8 cm³/mol. The van der Waals surface area contributed by atoms with Crippen LogP contribution in [-0.4, -0.2) is 38.7 Å². The molecule has 2 N–H and O–H groups in total. The zero-order chi connectivity index (χ0) is 16.6. The summed E-state index contributed by atoms with van der Waals surface area (Å²) in [6, 6.07) is 7.72. The lowest BCUT2D eigenvalue weighted by molar-refractivity contribution is -0.0914. The van der Waals surface area contributed by atoms with Gasteiger partial charge in [-0.25, -0.2) is 4.79 Å². The van der Waals surface area contributed by atoms with Gasteiger partial charge in [0.1, 0.15) is 5.60 Å². The van der Waals surface area contributed by atoms with Crippen molar-refractivity contribution in [2.24, 2.45) is 0 Å². The average Bonchev–Trinajstić information content (AvgIpc) is 2.45. The topological polar surface area (TPSA) is 68.8 Å². The zero-order valence-electron chi connectivity index (χ0n) is 13.9. The second kappa shape index (κ2) is 8.60. The van der Waals surface area contributed by atoms with Gasteiger partial charge in [-0.05, 0) is 32.4 Å². The lowest BCUT2D eigenvalue weighted by Gasteiger charge is -2.20. The van der Waals surface area contributed by atoms with Crippen LogP contribution < -0.4 is 10.6 Å². The Labute approximate surface area is 132 Å². The van der Waals surface area contributed by atoms with Gasteiger partial charge in [0, 0.05) is 26.5 Å². The fourth-order valence-corrected chi connectivity index (χ4v) is 1.78. The number of carbonyl (C=O) groups is 1. The van der Waals surface area contributed by atoms with Crippen LogP contribution in [0.3, 0.4) is 0 Å². The number of benzene rings is 1. The van der Waals surface area contributed by atoms with Crippen LogP contribution in [0.4, 0.5) is 10.5 Å². The normalized spacial score (nSPS) is 11.4. The van der Waals surface area contributed by atoms with Gasteiger partial charge in [-0.2, -0.15) is 0 Å². The van der Waals surface area contributed by atoms with E-state index in [4.69, 9.17) is 14.2 Å². The minimum Gasteiger partial charge on any atom is -0.444 e. The van der Waals surface area contributed by atoms with Crippen LogP contribution >= 0.6 is 0 Å².